The molecule has 2 aliphatic heterocycles. The van der Waals surface area contributed by atoms with E-state index < -0.39 is 0 Å². The maximum Gasteiger partial charge on any atom is 0.236 e. The summed E-state index contributed by atoms with van der Waals surface area (Å²) in [4.78, 5) is 28.9. The predicted octanol–water partition coefficient (Wildman–Crippen LogP) is 2.59. The fraction of sp³-hybridized carbons (Fsp3) is 0.579. The van der Waals surface area contributed by atoms with Gasteiger partial charge in [0.2, 0.25) is 11.8 Å². The van der Waals surface area contributed by atoms with Crippen LogP contribution in [0.2, 0.25) is 10.0 Å². The summed E-state index contributed by atoms with van der Waals surface area (Å²) in [7, 11) is 0. The maximum atomic E-state index is 12.9. The van der Waals surface area contributed by atoms with Crippen LogP contribution < -0.4 is 5.32 Å². The van der Waals surface area contributed by atoms with Crippen molar-refractivity contribution >= 4 is 35.0 Å². The van der Waals surface area contributed by atoms with E-state index in [1.165, 1.54) is 0 Å². The van der Waals surface area contributed by atoms with E-state index in [1.54, 1.807) is 12.1 Å². The number of hydrogen-bond acceptors (Lipinski definition) is 3. The zero-order valence-electron chi connectivity index (χ0n) is 15.0. The molecular weight excluding hydrogens is 373 g/mol. The number of carbonyl (C=O) groups is 2. The lowest BCUT2D eigenvalue weighted by Crippen LogP contribution is -2.58. The van der Waals surface area contributed by atoms with Gasteiger partial charge in [0, 0.05) is 48.2 Å². The molecule has 26 heavy (non-hydrogen) atoms. The molecule has 2 unspecified atom stereocenters. The Bertz CT molecular complexity index is 683. The van der Waals surface area contributed by atoms with Crippen molar-refractivity contribution in [2.75, 3.05) is 32.7 Å². The van der Waals surface area contributed by atoms with Crippen LogP contribution in [0.5, 0.6) is 0 Å². The van der Waals surface area contributed by atoms with Crippen molar-refractivity contribution in [1.29, 1.82) is 0 Å². The third kappa shape index (κ3) is 4.51. The van der Waals surface area contributed by atoms with Gasteiger partial charge in [-0.2, -0.15) is 0 Å². The largest absolute Gasteiger partial charge is 0.340 e. The summed E-state index contributed by atoms with van der Waals surface area (Å²) >= 11 is 12.2. The van der Waals surface area contributed by atoms with Crippen molar-refractivity contribution < 1.29 is 9.59 Å². The SMILES string of the molecule is CC(Cc1ccc(Cl)cc1Cl)C(=O)N1CCCC(N2CCNCC2=O)C1. The second-order valence-electron chi connectivity index (χ2n) is 7.19. The molecule has 1 aromatic rings. The van der Waals surface area contributed by atoms with Crippen LogP contribution in [0.15, 0.2) is 18.2 Å². The van der Waals surface area contributed by atoms with Crippen LogP contribution in [0.1, 0.15) is 25.3 Å². The van der Waals surface area contributed by atoms with Gasteiger partial charge in [-0.1, -0.05) is 36.2 Å². The number of halogens is 2. The molecule has 0 saturated carbocycles. The zero-order chi connectivity index (χ0) is 18.7. The quantitative estimate of drug-likeness (QED) is 0.849. The molecule has 142 valence electrons. The predicted molar refractivity (Wildman–Crippen MR) is 104 cm³/mol. The fourth-order valence-electron chi connectivity index (χ4n) is 3.83. The third-order valence-corrected chi connectivity index (χ3v) is 5.82. The topological polar surface area (TPSA) is 52.7 Å². The first-order chi connectivity index (χ1) is 12.5. The molecule has 2 aliphatic rings. The fourth-order valence-corrected chi connectivity index (χ4v) is 4.32. The van der Waals surface area contributed by atoms with Crippen molar-refractivity contribution in [3.05, 3.63) is 33.8 Å². The number of benzene rings is 1. The second-order valence-corrected chi connectivity index (χ2v) is 8.03. The molecule has 2 fully saturated rings. The van der Waals surface area contributed by atoms with Crippen LogP contribution in [0.25, 0.3) is 0 Å². The molecule has 1 N–H and O–H groups in total. The summed E-state index contributed by atoms with van der Waals surface area (Å²) in [5, 5.41) is 4.29. The minimum Gasteiger partial charge on any atom is -0.340 e. The summed E-state index contributed by atoms with van der Waals surface area (Å²) in [5.74, 6) is 0.103. The molecule has 5 nitrogen and oxygen atoms in total. The lowest BCUT2D eigenvalue weighted by atomic mass is 9.97. The molecule has 3 rings (SSSR count). The number of nitrogens with zero attached hydrogens (tertiary/aromatic N) is 2. The minimum absolute atomic E-state index is 0.128. The summed E-state index contributed by atoms with van der Waals surface area (Å²) in [6.07, 6.45) is 2.48. The third-order valence-electron chi connectivity index (χ3n) is 5.24. The summed E-state index contributed by atoms with van der Waals surface area (Å²) in [6.45, 7) is 5.27. The summed E-state index contributed by atoms with van der Waals surface area (Å²) < 4.78 is 0. The molecule has 0 bridgehead atoms. The minimum atomic E-state index is -0.161. The summed E-state index contributed by atoms with van der Waals surface area (Å²) in [5.41, 5.74) is 0.933. The summed E-state index contributed by atoms with van der Waals surface area (Å²) in [6, 6.07) is 5.52. The van der Waals surface area contributed by atoms with Crippen molar-refractivity contribution in [2.45, 2.75) is 32.2 Å². The Balaban J connectivity index is 1.62. The van der Waals surface area contributed by atoms with Gasteiger partial charge in [-0.25, -0.2) is 0 Å². The second kappa shape index (κ2) is 8.59. The van der Waals surface area contributed by atoms with Crippen LogP contribution in [0.4, 0.5) is 0 Å². The van der Waals surface area contributed by atoms with E-state index in [4.69, 9.17) is 23.2 Å². The first-order valence-corrected chi connectivity index (χ1v) is 9.94. The maximum absolute atomic E-state index is 12.9. The van der Waals surface area contributed by atoms with Crippen LogP contribution in [-0.2, 0) is 16.0 Å². The zero-order valence-corrected chi connectivity index (χ0v) is 16.5. The molecular formula is C19H25Cl2N3O2. The van der Waals surface area contributed by atoms with Crippen LogP contribution in [0, 0.1) is 5.92 Å². The van der Waals surface area contributed by atoms with Gasteiger partial charge in [0.1, 0.15) is 0 Å². The first kappa shape index (κ1) is 19.5. The van der Waals surface area contributed by atoms with Gasteiger partial charge in [-0.05, 0) is 37.0 Å². The number of carbonyl (C=O) groups excluding carboxylic acids is 2. The van der Waals surface area contributed by atoms with Crippen molar-refractivity contribution in [2.24, 2.45) is 5.92 Å². The van der Waals surface area contributed by atoms with E-state index in [0.29, 0.717) is 29.6 Å². The molecule has 0 aliphatic carbocycles. The number of piperidine rings is 1. The highest BCUT2D eigenvalue weighted by Crippen LogP contribution is 2.25. The number of likely N-dealkylation sites (tertiary alicyclic amines) is 1. The number of nitrogens with one attached hydrogen (secondary N) is 1. The van der Waals surface area contributed by atoms with E-state index >= 15 is 0 Å². The van der Waals surface area contributed by atoms with Crippen molar-refractivity contribution in [3.8, 4) is 0 Å². The lowest BCUT2D eigenvalue weighted by molar-refractivity contribution is -0.142. The van der Waals surface area contributed by atoms with E-state index in [9.17, 15) is 9.59 Å². The van der Waals surface area contributed by atoms with Crippen LogP contribution in [0.3, 0.4) is 0 Å². The molecule has 0 aromatic heterocycles. The molecule has 2 amide bonds. The number of rotatable bonds is 4. The number of piperazine rings is 1. The Hall–Kier alpha value is -1.30. The molecule has 2 heterocycles. The normalized spacial score (nSPS) is 22.4. The highest BCUT2D eigenvalue weighted by atomic mass is 35.5. The Morgan fingerprint density at radius 3 is 2.88 bits per heavy atom. The highest BCUT2D eigenvalue weighted by molar-refractivity contribution is 6.35. The molecule has 2 atom stereocenters. The van der Waals surface area contributed by atoms with E-state index in [0.717, 1.165) is 38.0 Å². The van der Waals surface area contributed by atoms with Gasteiger partial charge in [-0.3, -0.25) is 9.59 Å². The van der Waals surface area contributed by atoms with Gasteiger partial charge in [-0.15, -0.1) is 0 Å². The standard InChI is InChI=1S/C19H25Cl2N3O2/c1-13(9-14-4-5-15(20)10-17(14)21)19(26)23-7-2-3-16(12-23)24-8-6-22-11-18(24)25/h4-5,10,13,16,22H,2-3,6-9,11-12H2,1H3. The van der Waals surface area contributed by atoms with Gasteiger partial charge < -0.3 is 15.1 Å². The Morgan fingerprint density at radius 2 is 2.15 bits per heavy atom. The van der Waals surface area contributed by atoms with Crippen molar-refractivity contribution in [1.82, 2.24) is 15.1 Å². The van der Waals surface area contributed by atoms with Gasteiger partial charge in [0.15, 0.2) is 0 Å². The van der Waals surface area contributed by atoms with Gasteiger partial charge >= 0.3 is 0 Å². The van der Waals surface area contributed by atoms with Crippen LogP contribution >= 0.6 is 23.2 Å². The number of amides is 2. The smallest absolute Gasteiger partial charge is 0.236 e. The average molecular weight is 398 g/mol. The highest BCUT2D eigenvalue weighted by Gasteiger charge is 2.32. The lowest BCUT2D eigenvalue weighted by Gasteiger charge is -2.41. The Labute approximate surface area is 164 Å². The Morgan fingerprint density at radius 1 is 1.35 bits per heavy atom. The van der Waals surface area contributed by atoms with E-state index in [-0.39, 0.29) is 23.8 Å². The van der Waals surface area contributed by atoms with Crippen LogP contribution in [-0.4, -0.2) is 60.4 Å². The molecule has 0 spiro atoms. The average Bonchev–Trinajstić information content (AvgIpc) is 2.64. The Kier molecular flexibility index (Phi) is 6.43. The molecule has 2 saturated heterocycles. The number of hydrogen-bond donors (Lipinski definition) is 1. The van der Waals surface area contributed by atoms with Gasteiger partial charge in [0.25, 0.3) is 0 Å². The molecule has 7 heteroatoms. The van der Waals surface area contributed by atoms with Gasteiger partial charge in [0.05, 0.1) is 6.54 Å². The monoisotopic (exact) mass is 397 g/mol. The van der Waals surface area contributed by atoms with E-state index in [2.05, 4.69) is 5.32 Å². The van der Waals surface area contributed by atoms with E-state index in [1.807, 2.05) is 22.8 Å². The molecule has 0 radical (unpaired) electrons. The van der Waals surface area contributed by atoms with Crippen molar-refractivity contribution in [3.63, 3.8) is 0 Å². The molecule has 1 aromatic carbocycles. The first-order valence-electron chi connectivity index (χ1n) is 9.18.